The molecule has 0 amide bonds. The number of hydrogen-bond acceptors (Lipinski definition) is 3. The largest absolute Gasteiger partial charge is 0.391 e. The molecule has 3 nitrogen and oxygen atoms in total. The fraction of sp³-hybridized carbons (Fsp3) is 1.00. The van der Waals surface area contributed by atoms with Crippen LogP contribution in [0, 0.1) is 0 Å². The van der Waals surface area contributed by atoms with Crippen LogP contribution in [0.15, 0.2) is 0 Å². The molecule has 3 unspecified atom stereocenters. The minimum absolute atomic E-state index is 0.0849. The van der Waals surface area contributed by atoms with Crippen molar-refractivity contribution in [1.29, 1.82) is 0 Å². The minimum Gasteiger partial charge on any atom is -0.391 e. The van der Waals surface area contributed by atoms with E-state index in [4.69, 9.17) is 9.84 Å². The highest BCUT2D eigenvalue weighted by Crippen LogP contribution is 2.01. The van der Waals surface area contributed by atoms with E-state index in [1.807, 2.05) is 20.9 Å². The average molecular weight is 161 g/mol. The molecule has 0 spiro atoms. The van der Waals surface area contributed by atoms with Crippen LogP contribution in [0.3, 0.4) is 0 Å². The molecule has 0 radical (unpaired) electrons. The Hall–Kier alpha value is -0.120. The Morgan fingerprint density at radius 1 is 1.36 bits per heavy atom. The average Bonchev–Trinajstić information content (AvgIpc) is 1.87. The van der Waals surface area contributed by atoms with Gasteiger partial charge in [0, 0.05) is 6.54 Å². The van der Waals surface area contributed by atoms with Gasteiger partial charge in [0.25, 0.3) is 0 Å². The van der Waals surface area contributed by atoms with Gasteiger partial charge in [0.1, 0.15) is 0 Å². The van der Waals surface area contributed by atoms with Crippen LogP contribution in [0.25, 0.3) is 0 Å². The molecule has 0 aromatic carbocycles. The van der Waals surface area contributed by atoms with E-state index in [9.17, 15) is 0 Å². The van der Waals surface area contributed by atoms with Crippen molar-refractivity contribution in [1.82, 2.24) is 5.32 Å². The summed E-state index contributed by atoms with van der Waals surface area (Å²) in [7, 11) is 1.88. The fourth-order valence-corrected chi connectivity index (χ4v) is 0.816. The third-order valence-electron chi connectivity index (χ3n) is 1.62. The lowest BCUT2D eigenvalue weighted by molar-refractivity contribution is -0.0527. The molecule has 0 fully saturated rings. The van der Waals surface area contributed by atoms with Crippen LogP contribution in [0.2, 0.25) is 0 Å². The Bertz CT molecular complexity index is 96.1. The van der Waals surface area contributed by atoms with Gasteiger partial charge in [0.2, 0.25) is 0 Å². The molecule has 3 heteroatoms. The summed E-state index contributed by atoms with van der Waals surface area (Å²) >= 11 is 0. The van der Waals surface area contributed by atoms with E-state index in [1.54, 1.807) is 6.92 Å². The summed E-state index contributed by atoms with van der Waals surface area (Å²) in [5.74, 6) is 0. The van der Waals surface area contributed by atoms with Crippen molar-refractivity contribution in [2.45, 2.75) is 39.1 Å². The molecule has 0 aromatic heterocycles. The Balaban J connectivity index is 3.48. The van der Waals surface area contributed by atoms with Crippen LogP contribution >= 0.6 is 0 Å². The van der Waals surface area contributed by atoms with Gasteiger partial charge in [-0.05, 0) is 27.8 Å². The normalized spacial score (nSPS) is 19.4. The first-order valence-corrected chi connectivity index (χ1v) is 4.06. The molecule has 3 atom stereocenters. The molecule has 0 aliphatic carbocycles. The predicted octanol–water partition coefficient (Wildman–Crippen LogP) is 0.380. The van der Waals surface area contributed by atoms with Crippen molar-refractivity contribution in [3.63, 3.8) is 0 Å². The monoisotopic (exact) mass is 161 g/mol. The maximum absolute atomic E-state index is 9.09. The van der Waals surface area contributed by atoms with Crippen LogP contribution in [0.5, 0.6) is 0 Å². The van der Waals surface area contributed by atoms with E-state index in [0.717, 1.165) is 6.54 Å². The zero-order chi connectivity index (χ0) is 8.85. The third-order valence-corrected chi connectivity index (χ3v) is 1.62. The molecule has 11 heavy (non-hydrogen) atoms. The molecule has 0 saturated carbocycles. The Labute approximate surface area is 68.8 Å². The van der Waals surface area contributed by atoms with E-state index in [0.29, 0.717) is 0 Å². The van der Waals surface area contributed by atoms with Crippen LogP contribution < -0.4 is 5.32 Å². The second kappa shape index (κ2) is 5.52. The van der Waals surface area contributed by atoms with Crippen LogP contribution in [0.4, 0.5) is 0 Å². The SMILES string of the molecule is CNCC(C)OC(C)C(C)O. The van der Waals surface area contributed by atoms with Gasteiger partial charge in [-0.1, -0.05) is 0 Å². The molecule has 68 valence electrons. The summed E-state index contributed by atoms with van der Waals surface area (Å²) in [4.78, 5) is 0. The Kier molecular flexibility index (Phi) is 5.46. The van der Waals surface area contributed by atoms with Crippen LogP contribution in [-0.4, -0.2) is 37.0 Å². The van der Waals surface area contributed by atoms with Crippen molar-refractivity contribution in [3.05, 3.63) is 0 Å². The molecule has 0 aliphatic rings. The summed E-state index contributed by atoms with van der Waals surface area (Å²) in [6.07, 6.45) is -0.322. The lowest BCUT2D eigenvalue weighted by Crippen LogP contribution is -2.32. The van der Waals surface area contributed by atoms with Crippen molar-refractivity contribution >= 4 is 0 Å². The summed E-state index contributed by atoms with van der Waals surface area (Å²) in [5.41, 5.74) is 0. The number of hydrogen-bond donors (Lipinski definition) is 2. The Morgan fingerprint density at radius 2 is 1.91 bits per heavy atom. The lowest BCUT2D eigenvalue weighted by atomic mass is 10.2. The second-order valence-corrected chi connectivity index (χ2v) is 2.95. The number of rotatable bonds is 5. The summed E-state index contributed by atoms with van der Waals surface area (Å²) in [6, 6.07) is 0. The topological polar surface area (TPSA) is 41.5 Å². The first kappa shape index (κ1) is 10.9. The summed E-state index contributed by atoms with van der Waals surface area (Å²) in [5, 5.41) is 12.1. The number of aliphatic hydroxyl groups excluding tert-OH is 1. The first-order chi connectivity index (χ1) is 5.07. The molecule has 2 N–H and O–H groups in total. The van der Waals surface area contributed by atoms with Gasteiger partial charge < -0.3 is 15.2 Å². The molecule has 0 aliphatic heterocycles. The molecular formula is C8H19NO2. The zero-order valence-corrected chi connectivity index (χ0v) is 7.79. The molecule has 0 aromatic rings. The van der Waals surface area contributed by atoms with E-state index >= 15 is 0 Å². The number of likely N-dealkylation sites (N-methyl/N-ethyl adjacent to an activating group) is 1. The van der Waals surface area contributed by atoms with Crippen LogP contribution in [-0.2, 0) is 4.74 Å². The van der Waals surface area contributed by atoms with Gasteiger partial charge >= 0.3 is 0 Å². The second-order valence-electron chi connectivity index (χ2n) is 2.95. The van der Waals surface area contributed by atoms with Gasteiger partial charge in [-0.3, -0.25) is 0 Å². The lowest BCUT2D eigenvalue weighted by Gasteiger charge is -2.20. The fourth-order valence-electron chi connectivity index (χ4n) is 0.816. The molecule has 0 heterocycles. The van der Waals surface area contributed by atoms with Gasteiger partial charge in [-0.2, -0.15) is 0 Å². The van der Waals surface area contributed by atoms with Gasteiger partial charge in [-0.25, -0.2) is 0 Å². The van der Waals surface area contributed by atoms with E-state index in [-0.39, 0.29) is 12.2 Å². The molecule has 0 rings (SSSR count). The molecule has 0 bridgehead atoms. The van der Waals surface area contributed by atoms with Crippen molar-refractivity contribution in [2.24, 2.45) is 0 Å². The van der Waals surface area contributed by atoms with E-state index in [1.165, 1.54) is 0 Å². The summed E-state index contributed by atoms with van der Waals surface area (Å²) < 4.78 is 5.44. The zero-order valence-electron chi connectivity index (χ0n) is 7.79. The van der Waals surface area contributed by atoms with E-state index in [2.05, 4.69) is 5.32 Å². The third kappa shape index (κ3) is 5.18. The van der Waals surface area contributed by atoms with Gasteiger partial charge in [0.15, 0.2) is 0 Å². The van der Waals surface area contributed by atoms with Crippen molar-refractivity contribution in [3.8, 4) is 0 Å². The number of aliphatic hydroxyl groups is 1. The highest BCUT2D eigenvalue weighted by molar-refractivity contribution is 4.61. The predicted molar refractivity (Wildman–Crippen MR) is 45.6 cm³/mol. The smallest absolute Gasteiger partial charge is 0.0807 e. The highest BCUT2D eigenvalue weighted by Gasteiger charge is 2.11. The number of nitrogens with one attached hydrogen (secondary N) is 1. The van der Waals surface area contributed by atoms with Gasteiger partial charge in [0.05, 0.1) is 18.3 Å². The standard InChI is InChI=1S/C8H19NO2/c1-6(5-9-4)11-8(3)7(2)10/h6-10H,5H2,1-4H3. The highest BCUT2D eigenvalue weighted by atomic mass is 16.5. The van der Waals surface area contributed by atoms with Crippen LogP contribution in [0.1, 0.15) is 20.8 Å². The van der Waals surface area contributed by atoms with Crippen molar-refractivity contribution in [2.75, 3.05) is 13.6 Å². The quantitative estimate of drug-likeness (QED) is 0.612. The maximum atomic E-state index is 9.09. The van der Waals surface area contributed by atoms with Crippen molar-refractivity contribution < 1.29 is 9.84 Å². The minimum atomic E-state index is -0.394. The summed E-state index contributed by atoms with van der Waals surface area (Å²) in [6.45, 7) is 6.40. The molecule has 0 saturated heterocycles. The first-order valence-electron chi connectivity index (χ1n) is 4.06. The van der Waals surface area contributed by atoms with E-state index < -0.39 is 6.10 Å². The number of ether oxygens (including phenoxy) is 1. The van der Waals surface area contributed by atoms with Gasteiger partial charge in [-0.15, -0.1) is 0 Å². The molecular weight excluding hydrogens is 142 g/mol. The Morgan fingerprint density at radius 3 is 2.27 bits per heavy atom. The maximum Gasteiger partial charge on any atom is 0.0807 e.